The normalized spacial score (nSPS) is 18.8. The molecule has 0 radical (unpaired) electrons. The monoisotopic (exact) mass is 466 g/mol. The lowest BCUT2D eigenvalue weighted by atomic mass is 9.78. The van der Waals surface area contributed by atoms with Gasteiger partial charge in [-0.15, -0.1) is 0 Å². The zero-order valence-corrected chi connectivity index (χ0v) is 19.5. The molecule has 1 aliphatic carbocycles. The van der Waals surface area contributed by atoms with E-state index in [-0.39, 0.29) is 29.3 Å². The number of hydrogen-bond donors (Lipinski definition) is 0. The van der Waals surface area contributed by atoms with E-state index in [1.165, 1.54) is 0 Å². The molecule has 1 fully saturated rings. The van der Waals surface area contributed by atoms with Gasteiger partial charge < -0.3 is 0 Å². The first-order valence-electron chi connectivity index (χ1n) is 12.0. The molecule has 3 aromatic carbocycles. The van der Waals surface area contributed by atoms with E-state index in [9.17, 15) is 17.6 Å². The quantitative estimate of drug-likeness (QED) is 0.305. The maximum absolute atomic E-state index is 14.9. The minimum absolute atomic E-state index is 0.0511. The molecule has 0 saturated heterocycles. The van der Waals surface area contributed by atoms with Gasteiger partial charge in [0, 0.05) is 5.92 Å². The van der Waals surface area contributed by atoms with Crippen LogP contribution < -0.4 is 0 Å². The van der Waals surface area contributed by atoms with Crippen molar-refractivity contribution in [3.8, 4) is 11.1 Å². The second kappa shape index (κ2) is 11.0. The van der Waals surface area contributed by atoms with Crippen molar-refractivity contribution in [3.05, 3.63) is 106 Å². The molecule has 1 aliphatic rings. The number of allylic oxidation sites excluding steroid dienone is 2. The second-order valence-corrected chi connectivity index (χ2v) is 9.32. The molecule has 0 aromatic heterocycles. The average Bonchev–Trinajstić information content (AvgIpc) is 2.84. The Hall–Kier alpha value is -2.88. The zero-order valence-electron chi connectivity index (χ0n) is 19.5. The van der Waals surface area contributed by atoms with Crippen LogP contribution in [0.2, 0.25) is 0 Å². The zero-order chi connectivity index (χ0) is 24.1. The summed E-state index contributed by atoms with van der Waals surface area (Å²) in [6.07, 6.45) is 4.62. The third-order valence-corrected chi connectivity index (χ3v) is 7.02. The Bertz CT molecular complexity index is 1140. The van der Waals surface area contributed by atoms with Crippen molar-refractivity contribution in [2.24, 2.45) is 5.92 Å². The van der Waals surface area contributed by atoms with Crippen molar-refractivity contribution < 1.29 is 17.6 Å². The molecule has 4 heteroatoms. The fourth-order valence-corrected chi connectivity index (χ4v) is 4.93. The number of rotatable bonds is 7. The van der Waals surface area contributed by atoms with Crippen molar-refractivity contribution in [2.45, 2.75) is 51.4 Å². The summed E-state index contributed by atoms with van der Waals surface area (Å²) in [6.45, 7) is 1.23. The van der Waals surface area contributed by atoms with Gasteiger partial charge in [-0.1, -0.05) is 54.1 Å². The Labute approximate surface area is 199 Å². The van der Waals surface area contributed by atoms with Crippen molar-refractivity contribution in [1.29, 1.82) is 0 Å². The number of alkyl halides is 1. The van der Waals surface area contributed by atoms with Crippen LogP contribution in [0.4, 0.5) is 17.6 Å². The van der Waals surface area contributed by atoms with Crippen LogP contribution in [0.15, 0.2) is 72.6 Å². The Balaban J connectivity index is 1.37. The number of benzene rings is 3. The van der Waals surface area contributed by atoms with Crippen LogP contribution in [0.3, 0.4) is 0 Å². The van der Waals surface area contributed by atoms with Crippen LogP contribution in [0.1, 0.15) is 53.9 Å². The van der Waals surface area contributed by atoms with Crippen molar-refractivity contribution in [1.82, 2.24) is 0 Å². The molecule has 0 bridgehead atoms. The van der Waals surface area contributed by atoms with E-state index in [4.69, 9.17) is 0 Å². The van der Waals surface area contributed by atoms with Crippen molar-refractivity contribution in [3.63, 3.8) is 0 Å². The lowest BCUT2D eigenvalue weighted by molar-refractivity contribution is 0.314. The largest absolute Gasteiger partial charge is 0.246 e. The molecule has 0 atom stereocenters. The van der Waals surface area contributed by atoms with Gasteiger partial charge in [0.15, 0.2) is 0 Å². The topological polar surface area (TPSA) is 0 Å². The third-order valence-electron chi connectivity index (χ3n) is 7.02. The number of aryl methyl sites for hydroxylation is 3. The van der Waals surface area contributed by atoms with E-state index in [1.807, 2.05) is 55.5 Å². The number of hydrogen-bond acceptors (Lipinski definition) is 0. The van der Waals surface area contributed by atoms with Crippen LogP contribution in [0.25, 0.3) is 11.1 Å². The molecular weight excluding hydrogens is 436 g/mol. The van der Waals surface area contributed by atoms with E-state index >= 15 is 0 Å². The molecule has 0 aliphatic heterocycles. The molecule has 178 valence electrons. The van der Waals surface area contributed by atoms with Gasteiger partial charge in [-0.05, 0) is 97.4 Å². The summed E-state index contributed by atoms with van der Waals surface area (Å²) in [5, 5.41) is 0. The molecule has 0 amide bonds. The summed E-state index contributed by atoms with van der Waals surface area (Å²) in [7, 11) is 0. The molecule has 3 aromatic rings. The Morgan fingerprint density at radius 2 is 1.53 bits per heavy atom. The average molecular weight is 467 g/mol. The van der Waals surface area contributed by atoms with Crippen LogP contribution in [-0.4, -0.2) is 6.67 Å². The first-order valence-corrected chi connectivity index (χ1v) is 12.0. The van der Waals surface area contributed by atoms with E-state index in [1.54, 1.807) is 12.1 Å². The second-order valence-electron chi connectivity index (χ2n) is 9.32. The molecule has 0 unspecified atom stereocenters. The van der Waals surface area contributed by atoms with Crippen LogP contribution >= 0.6 is 0 Å². The van der Waals surface area contributed by atoms with Gasteiger partial charge in [0.2, 0.25) is 0 Å². The predicted octanol–water partition coefficient (Wildman–Crippen LogP) is 8.82. The third kappa shape index (κ3) is 5.78. The van der Waals surface area contributed by atoms with E-state index in [0.29, 0.717) is 49.7 Å². The molecule has 4 rings (SSSR count). The minimum Gasteiger partial charge on any atom is -0.246 e. The maximum Gasteiger partial charge on any atom is 0.127 e. The highest BCUT2D eigenvalue weighted by atomic mass is 19.1. The van der Waals surface area contributed by atoms with Crippen LogP contribution in [-0.2, 0) is 12.8 Å². The van der Waals surface area contributed by atoms with Gasteiger partial charge in [0.05, 0.1) is 0 Å². The summed E-state index contributed by atoms with van der Waals surface area (Å²) in [4.78, 5) is 0. The molecule has 0 heterocycles. The van der Waals surface area contributed by atoms with E-state index < -0.39 is 6.67 Å². The Kier molecular flexibility index (Phi) is 7.87. The van der Waals surface area contributed by atoms with Crippen molar-refractivity contribution >= 4 is 0 Å². The molecular formula is C30H30F4. The molecule has 0 N–H and O–H groups in total. The number of halogens is 4. The van der Waals surface area contributed by atoms with Crippen LogP contribution in [0.5, 0.6) is 0 Å². The Morgan fingerprint density at radius 1 is 0.824 bits per heavy atom. The fraction of sp³-hybridized carbons (Fsp3) is 0.333. The predicted molar refractivity (Wildman–Crippen MR) is 130 cm³/mol. The molecule has 0 spiro atoms. The highest BCUT2D eigenvalue weighted by Gasteiger charge is 2.26. The standard InChI is InChI=1S/C30H30F4/c1-20-2-6-22(7-3-20)26-14-13-25(29(33)19-26)8-4-21-5-15-27(30(34)18-21)23-9-11-24(12-10-23)28(32)16-17-31/h2-3,5-7,13-16,18-19,23-24H,4,8-12,17H2,1H3/b28-16-. The highest BCUT2D eigenvalue weighted by Crippen LogP contribution is 2.40. The minimum atomic E-state index is -0.789. The first kappa shape index (κ1) is 24.3. The fourth-order valence-electron chi connectivity index (χ4n) is 4.93. The highest BCUT2D eigenvalue weighted by molar-refractivity contribution is 5.64. The molecule has 1 saturated carbocycles. The van der Waals surface area contributed by atoms with Gasteiger partial charge in [-0.3, -0.25) is 0 Å². The summed E-state index contributed by atoms with van der Waals surface area (Å²) < 4.78 is 55.8. The molecule has 0 nitrogen and oxygen atoms in total. The summed E-state index contributed by atoms with van der Waals surface area (Å²) in [6, 6.07) is 18.6. The van der Waals surface area contributed by atoms with Gasteiger partial charge in [-0.2, -0.15) is 0 Å². The lowest BCUT2D eigenvalue weighted by Gasteiger charge is -2.28. The van der Waals surface area contributed by atoms with E-state index in [0.717, 1.165) is 28.3 Å². The maximum atomic E-state index is 14.9. The summed E-state index contributed by atoms with van der Waals surface area (Å²) in [5.41, 5.74) is 5.07. The van der Waals surface area contributed by atoms with Gasteiger partial charge in [0.25, 0.3) is 0 Å². The smallest absolute Gasteiger partial charge is 0.127 e. The summed E-state index contributed by atoms with van der Waals surface area (Å²) in [5.74, 6) is -1.08. The van der Waals surface area contributed by atoms with E-state index in [2.05, 4.69) is 0 Å². The van der Waals surface area contributed by atoms with Crippen LogP contribution in [0, 0.1) is 24.5 Å². The Morgan fingerprint density at radius 3 is 2.18 bits per heavy atom. The van der Waals surface area contributed by atoms with Crippen molar-refractivity contribution in [2.75, 3.05) is 6.67 Å². The first-order chi connectivity index (χ1) is 16.4. The van der Waals surface area contributed by atoms with Gasteiger partial charge in [0.1, 0.15) is 24.1 Å². The van der Waals surface area contributed by atoms with Gasteiger partial charge >= 0.3 is 0 Å². The SMILES string of the molecule is Cc1ccc(-c2ccc(CCc3ccc(C4CCC(/C(F)=C/CF)CC4)c(F)c3)c(F)c2)cc1. The molecule has 34 heavy (non-hydrogen) atoms. The summed E-state index contributed by atoms with van der Waals surface area (Å²) >= 11 is 0. The van der Waals surface area contributed by atoms with Gasteiger partial charge in [-0.25, -0.2) is 17.6 Å². The lowest BCUT2D eigenvalue weighted by Crippen LogP contribution is -2.15.